The lowest BCUT2D eigenvalue weighted by molar-refractivity contribution is -0.107. The second-order valence-corrected chi connectivity index (χ2v) is 3.01. The van der Waals surface area contributed by atoms with Gasteiger partial charge in [0.05, 0.1) is 13.2 Å². The molecule has 1 aromatic rings. The molecule has 0 aliphatic carbocycles. The standard InChI is InChI=1S/C12H16O3/c1-3-14-11-6-5-10(7-8-13)12(9-11)15-4-2/h5-6,8-9H,3-4,7H2,1-2H3. The van der Waals surface area contributed by atoms with Crippen molar-refractivity contribution in [3.8, 4) is 11.5 Å². The Hall–Kier alpha value is -1.51. The summed E-state index contributed by atoms with van der Waals surface area (Å²) in [4.78, 5) is 10.5. The highest BCUT2D eigenvalue weighted by Crippen LogP contribution is 2.25. The van der Waals surface area contributed by atoms with Crippen molar-refractivity contribution in [2.24, 2.45) is 0 Å². The third-order valence-corrected chi connectivity index (χ3v) is 1.95. The van der Waals surface area contributed by atoms with Crippen molar-refractivity contribution in [2.45, 2.75) is 20.3 Å². The smallest absolute Gasteiger partial charge is 0.126 e. The Kier molecular flexibility index (Phi) is 4.68. The monoisotopic (exact) mass is 208 g/mol. The summed E-state index contributed by atoms with van der Waals surface area (Å²) in [5.74, 6) is 1.51. The van der Waals surface area contributed by atoms with E-state index in [1.165, 1.54) is 0 Å². The van der Waals surface area contributed by atoms with E-state index in [1.807, 2.05) is 32.0 Å². The molecule has 0 N–H and O–H groups in total. The first-order chi connectivity index (χ1) is 7.31. The van der Waals surface area contributed by atoms with Crippen molar-refractivity contribution < 1.29 is 14.3 Å². The molecule has 0 heterocycles. The third kappa shape index (κ3) is 3.27. The SMILES string of the molecule is CCOc1ccc(CC=O)c(OCC)c1. The molecule has 0 aliphatic heterocycles. The molecule has 0 unspecified atom stereocenters. The van der Waals surface area contributed by atoms with Crippen LogP contribution in [0.15, 0.2) is 18.2 Å². The minimum atomic E-state index is 0.377. The van der Waals surface area contributed by atoms with E-state index in [1.54, 1.807) is 0 Å². The van der Waals surface area contributed by atoms with Gasteiger partial charge in [-0.2, -0.15) is 0 Å². The van der Waals surface area contributed by atoms with Crippen LogP contribution in [-0.2, 0) is 11.2 Å². The highest BCUT2D eigenvalue weighted by molar-refractivity contribution is 5.58. The molecule has 82 valence electrons. The quantitative estimate of drug-likeness (QED) is 0.672. The molecule has 0 atom stereocenters. The van der Waals surface area contributed by atoms with Crippen molar-refractivity contribution in [3.63, 3.8) is 0 Å². The number of ether oxygens (including phenoxy) is 2. The molecule has 0 saturated heterocycles. The Morgan fingerprint density at radius 3 is 2.53 bits per heavy atom. The van der Waals surface area contributed by atoms with E-state index in [-0.39, 0.29) is 0 Å². The van der Waals surface area contributed by atoms with E-state index in [0.29, 0.717) is 19.6 Å². The van der Waals surface area contributed by atoms with Crippen molar-refractivity contribution in [3.05, 3.63) is 23.8 Å². The average Bonchev–Trinajstić information content (AvgIpc) is 2.23. The van der Waals surface area contributed by atoms with E-state index >= 15 is 0 Å². The van der Waals surface area contributed by atoms with Crippen LogP contribution in [0.3, 0.4) is 0 Å². The maximum atomic E-state index is 10.5. The molecule has 0 aromatic heterocycles. The van der Waals surface area contributed by atoms with Crippen molar-refractivity contribution in [1.29, 1.82) is 0 Å². The molecule has 0 bridgehead atoms. The lowest BCUT2D eigenvalue weighted by Gasteiger charge is -2.10. The van der Waals surface area contributed by atoms with Gasteiger partial charge in [0.1, 0.15) is 17.8 Å². The fraction of sp³-hybridized carbons (Fsp3) is 0.417. The van der Waals surface area contributed by atoms with Gasteiger partial charge in [0.15, 0.2) is 0 Å². The number of benzene rings is 1. The minimum Gasteiger partial charge on any atom is -0.494 e. The van der Waals surface area contributed by atoms with Gasteiger partial charge in [0.2, 0.25) is 0 Å². The fourth-order valence-electron chi connectivity index (χ4n) is 1.34. The van der Waals surface area contributed by atoms with Crippen LogP contribution in [-0.4, -0.2) is 19.5 Å². The average molecular weight is 208 g/mol. The second kappa shape index (κ2) is 6.06. The van der Waals surface area contributed by atoms with Crippen LogP contribution in [0.2, 0.25) is 0 Å². The molecule has 0 radical (unpaired) electrons. The molecule has 3 heteroatoms. The molecule has 0 spiro atoms. The molecule has 1 rings (SSSR count). The first kappa shape index (κ1) is 11.6. The van der Waals surface area contributed by atoms with Crippen LogP contribution in [0.25, 0.3) is 0 Å². The Morgan fingerprint density at radius 1 is 1.20 bits per heavy atom. The van der Waals surface area contributed by atoms with E-state index < -0.39 is 0 Å². The number of rotatable bonds is 6. The number of carbonyl (C=O) groups excluding carboxylic acids is 1. The summed E-state index contributed by atoms with van der Waals surface area (Å²) >= 11 is 0. The summed E-state index contributed by atoms with van der Waals surface area (Å²) in [6.07, 6.45) is 1.25. The highest BCUT2D eigenvalue weighted by atomic mass is 16.5. The summed E-state index contributed by atoms with van der Waals surface area (Å²) in [6, 6.07) is 5.54. The molecule has 0 fully saturated rings. The predicted octanol–water partition coefficient (Wildman–Crippen LogP) is 2.23. The van der Waals surface area contributed by atoms with E-state index in [4.69, 9.17) is 9.47 Å². The molecular formula is C12H16O3. The zero-order chi connectivity index (χ0) is 11.1. The number of aldehydes is 1. The Morgan fingerprint density at radius 2 is 1.93 bits per heavy atom. The van der Waals surface area contributed by atoms with Gasteiger partial charge in [0.25, 0.3) is 0 Å². The van der Waals surface area contributed by atoms with Gasteiger partial charge >= 0.3 is 0 Å². The van der Waals surface area contributed by atoms with Gasteiger partial charge in [-0.3, -0.25) is 0 Å². The van der Waals surface area contributed by atoms with Gasteiger partial charge in [-0.25, -0.2) is 0 Å². The van der Waals surface area contributed by atoms with Crippen LogP contribution >= 0.6 is 0 Å². The molecule has 0 aliphatic rings. The maximum Gasteiger partial charge on any atom is 0.126 e. The molecule has 15 heavy (non-hydrogen) atoms. The van der Waals surface area contributed by atoms with Crippen LogP contribution in [0, 0.1) is 0 Å². The van der Waals surface area contributed by atoms with Gasteiger partial charge in [-0.05, 0) is 19.9 Å². The minimum absolute atomic E-state index is 0.377. The number of hydrogen-bond donors (Lipinski definition) is 0. The van der Waals surface area contributed by atoms with Crippen molar-refractivity contribution in [2.75, 3.05) is 13.2 Å². The summed E-state index contributed by atoms with van der Waals surface area (Å²) < 4.78 is 10.8. The predicted molar refractivity (Wildman–Crippen MR) is 58.5 cm³/mol. The molecule has 1 aromatic carbocycles. The fourth-order valence-corrected chi connectivity index (χ4v) is 1.34. The van der Waals surface area contributed by atoms with Crippen molar-refractivity contribution >= 4 is 6.29 Å². The van der Waals surface area contributed by atoms with Crippen LogP contribution in [0.1, 0.15) is 19.4 Å². The lowest BCUT2D eigenvalue weighted by Crippen LogP contribution is -1.99. The third-order valence-electron chi connectivity index (χ3n) is 1.95. The Bertz CT molecular complexity index is 321. The maximum absolute atomic E-state index is 10.5. The van der Waals surface area contributed by atoms with Crippen LogP contribution < -0.4 is 9.47 Å². The zero-order valence-corrected chi connectivity index (χ0v) is 9.16. The topological polar surface area (TPSA) is 35.5 Å². The molecule has 3 nitrogen and oxygen atoms in total. The van der Waals surface area contributed by atoms with Gasteiger partial charge in [0, 0.05) is 18.1 Å². The highest BCUT2D eigenvalue weighted by Gasteiger charge is 2.04. The van der Waals surface area contributed by atoms with E-state index in [0.717, 1.165) is 23.3 Å². The van der Waals surface area contributed by atoms with Crippen molar-refractivity contribution in [1.82, 2.24) is 0 Å². The molecule has 0 saturated carbocycles. The first-order valence-corrected chi connectivity index (χ1v) is 5.14. The summed E-state index contributed by atoms with van der Waals surface area (Å²) in [6.45, 7) is 5.05. The van der Waals surface area contributed by atoms with Gasteiger partial charge in [-0.1, -0.05) is 6.07 Å². The Balaban J connectivity index is 2.91. The molecule has 0 amide bonds. The second-order valence-electron chi connectivity index (χ2n) is 3.01. The summed E-state index contributed by atoms with van der Waals surface area (Å²) in [7, 11) is 0. The summed E-state index contributed by atoms with van der Waals surface area (Å²) in [5, 5.41) is 0. The lowest BCUT2D eigenvalue weighted by atomic mass is 10.1. The summed E-state index contributed by atoms with van der Waals surface area (Å²) in [5.41, 5.74) is 0.898. The van der Waals surface area contributed by atoms with Gasteiger partial charge in [-0.15, -0.1) is 0 Å². The number of hydrogen-bond acceptors (Lipinski definition) is 3. The van der Waals surface area contributed by atoms with Crippen LogP contribution in [0.5, 0.6) is 11.5 Å². The molecular weight excluding hydrogens is 192 g/mol. The number of carbonyl (C=O) groups is 1. The normalized spacial score (nSPS) is 9.73. The largest absolute Gasteiger partial charge is 0.494 e. The van der Waals surface area contributed by atoms with Gasteiger partial charge < -0.3 is 14.3 Å². The van der Waals surface area contributed by atoms with E-state index in [2.05, 4.69) is 0 Å². The zero-order valence-electron chi connectivity index (χ0n) is 9.16. The van der Waals surface area contributed by atoms with Crippen LogP contribution in [0.4, 0.5) is 0 Å². The van der Waals surface area contributed by atoms with E-state index in [9.17, 15) is 4.79 Å². The Labute approximate surface area is 90.0 Å². The first-order valence-electron chi connectivity index (χ1n) is 5.14.